The van der Waals surface area contributed by atoms with Crippen LogP contribution in [0.15, 0.2) is 270 Å². The first-order valence-electron chi connectivity index (χ1n) is 25.2. The third-order valence-corrected chi connectivity index (χ3v) is 14.5. The minimum atomic E-state index is -0.260. The van der Waals surface area contributed by atoms with Crippen LogP contribution in [0.3, 0.4) is 0 Å². The number of aromatic nitrogens is 2. The molecule has 74 heavy (non-hydrogen) atoms. The van der Waals surface area contributed by atoms with Crippen molar-refractivity contribution < 1.29 is 0 Å². The average Bonchev–Trinajstić information content (AvgIpc) is 4.02. The third-order valence-electron chi connectivity index (χ3n) is 14.5. The van der Waals surface area contributed by atoms with Crippen LogP contribution in [0.2, 0.25) is 0 Å². The summed E-state index contributed by atoms with van der Waals surface area (Å²) in [5, 5.41) is 15.8. The van der Waals surface area contributed by atoms with Crippen LogP contribution in [0.5, 0.6) is 0 Å². The highest BCUT2D eigenvalue weighted by Crippen LogP contribution is 2.39. The lowest BCUT2D eigenvalue weighted by molar-refractivity contribution is 0.409. The second-order valence-corrected chi connectivity index (χ2v) is 18.9. The number of rotatable bonds is 9. The molecule has 8 nitrogen and oxygen atoms in total. The van der Waals surface area contributed by atoms with Crippen molar-refractivity contribution in [2.45, 2.75) is 18.5 Å². The van der Waals surface area contributed by atoms with E-state index >= 15 is 0 Å². The van der Waals surface area contributed by atoms with Crippen molar-refractivity contribution >= 4 is 61.1 Å². The number of aliphatic imine (C=N–C) groups is 3. The van der Waals surface area contributed by atoms with Gasteiger partial charge in [0.05, 0.1) is 22.1 Å². The van der Waals surface area contributed by atoms with Gasteiger partial charge in [-0.3, -0.25) is 5.32 Å². The first-order valence-corrected chi connectivity index (χ1v) is 25.2. The first-order chi connectivity index (χ1) is 36.7. The Morgan fingerprint density at radius 3 is 1.32 bits per heavy atom. The van der Waals surface area contributed by atoms with Gasteiger partial charge in [-0.25, -0.2) is 15.0 Å². The number of nitrogens with one attached hydrogen (secondary N) is 3. The van der Waals surface area contributed by atoms with E-state index in [1.54, 1.807) is 0 Å². The van der Waals surface area contributed by atoms with Gasteiger partial charge in [0.15, 0.2) is 5.84 Å². The Hall–Kier alpha value is -9.63. The Bertz CT molecular complexity index is 4140. The van der Waals surface area contributed by atoms with E-state index in [9.17, 15) is 0 Å². The quantitative estimate of drug-likeness (QED) is 0.135. The predicted octanol–water partition coefficient (Wildman–Crippen LogP) is 14.4. The summed E-state index contributed by atoms with van der Waals surface area (Å²) >= 11 is 0. The highest BCUT2D eigenvalue weighted by molar-refractivity contribution is 6.14. The minimum absolute atomic E-state index is 0.0993. The lowest BCUT2D eigenvalue weighted by atomic mass is 10.0. The van der Waals surface area contributed by atoms with Crippen LogP contribution in [-0.2, 0) is 0 Å². The smallest absolute Gasteiger partial charge is 0.159 e. The van der Waals surface area contributed by atoms with E-state index in [1.807, 2.05) is 30.3 Å². The number of hydrogen-bond acceptors (Lipinski definition) is 6. The zero-order valence-electron chi connectivity index (χ0n) is 40.2. The molecule has 8 heteroatoms. The number of nitrogens with zero attached hydrogens (tertiary/aromatic N) is 5. The molecule has 2 aliphatic rings. The molecule has 3 atom stereocenters. The number of fused-ring (bicyclic) bond motifs is 6. The molecule has 2 aliphatic heterocycles. The summed E-state index contributed by atoms with van der Waals surface area (Å²) in [6.07, 6.45) is -0.599. The molecule has 12 aromatic rings. The van der Waals surface area contributed by atoms with Gasteiger partial charge in [-0.2, -0.15) is 0 Å². The SMILES string of the molecule is c1ccc(C2=NC(c3ccc(-n4c5ccccc5c5cc(-c6ccc7c(c6)c6ccccc6n7-c6ccc(C7N=C(c8ccccc8)NC(c8ccccc8)N7)cc6)ccc54)cc3)=NC(c3ccccc3)N2)cc1. The van der Waals surface area contributed by atoms with Crippen molar-refractivity contribution in [2.75, 3.05) is 0 Å². The second kappa shape index (κ2) is 18.2. The van der Waals surface area contributed by atoms with Gasteiger partial charge >= 0.3 is 0 Å². The van der Waals surface area contributed by atoms with Gasteiger partial charge in [0, 0.05) is 49.6 Å². The van der Waals surface area contributed by atoms with Crippen molar-refractivity contribution in [1.29, 1.82) is 0 Å². The number of benzene rings is 10. The van der Waals surface area contributed by atoms with Gasteiger partial charge in [-0.1, -0.05) is 182 Å². The van der Waals surface area contributed by atoms with E-state index in [-0.39, 0.29) is 18.5 Å². The summed E-state index contributed by atoms with van der Waals surface area (Å²) < 4.78 is 4.75. The van der Waals surface area contributed by atoms with E-state index < -0.39 is 0 Å². The Kier molecular flexibility index (Phi) is 10.6. The van der Waals surface area contributed by atoms with Crippen molar-refractivity contribution in [3.63, 3.8) is 0 Å². The van der Waals surface area contributed by atoms with Crippen LogP contribution in [0.4, 0.5) is 0 Å². The normalized spacial score (nSPS) is 16.6. The van der Waals surface area contributed by atoms with Crippen LogP contribution >= 0.6 is 0 Å². The summed E-state index contributed by atoms with van der Waals surface area (Å²) in [4.78, 5) is 15.4. The molecule has 3 unspecified atom stereocenters. The highest BCUT2D eigenvalue weighted by atomic mass is 15.3. The summed E-state index contributed by atoms with van der Waals surface area (Å²) in [6, 6.07) is 90.3. The third kappa shape index (κ3) is 7.73. The summed E-state index contributed by atoms with van der Waals surface area (Å²) in [5.74, 6) is 2.37. The lowest BCUT2D eigenvalue weighted by Crippen LogP contribution is -2.44. The fourth-order valence-corrected chi connectivity index (χ4v) is 10.8. The predicted molar refractivity (Wildman–Crippen MR) is 304 cm³/mol. The maximum atomic E-state index is 5.20. The molecule has 0 saturated carbocycles. The molecule has 0 aliphatic carbocycles. The number of amidine groups is 3. The van der Waals surface area contributed by atoms with E-state index in [2.05, 4.69) is 250 Å². The number of hydrogen-bond donors (Lipinski definition) is 3. The first kappa shape index (κ1) is 43.2. The molecule has 0 saturated heterocycles. The molecular formula is C66H48N8. The molecule has 14 rings (SSSR count). The van der Waals surface area contributed by atoms with Crippen molar-refractivity contribution in [2.24, 2.45) is 15.0 Å². The molecule has 3 N–H and O–H groups in total. The topological polar surface area (TPSA) is 83.0 Å². The monoisotopic (exact) mass is 952 g/mol. The van der Waals surface area contributed by atoms with E-state index in [4.69, 9.17) is 15.0 Å². The molecular weight excluding hydrogens is 905 g/mol. The van der Waals surface area contributed by atoms with Crippen LogP contribution < -0.4 is 16.0 Å². The van der Waals surface area contributed by atoms with Crippen LogP contribution in [0.25, 0.3) is 66.1 Å². The van der Waals surface area contributed by atoms with Gasteiger partial charge in [0.2, 0.25) is 0 Å². The molecule has 352 valence electrons. The zero-order chi connectivity index (χ0) is 49.0. The highest BCUT2D eigenvalue weighted by Gasteiger charge is 2.26. The fourth-order valence-electron chi connectivity index (χ4n) is 10.8. The summed E-state index contributed by atoms with van der Waals surface area (Å²) in [6.45, 7) is 0. The molecule has 0 bridgehead atoms. The van der Waals surface area contributed by atoms with E-state index in [0.29, 0.717) is 5.84 Å². The summed E-state index contributed by atoms with van der Waals surface area (Å²) in [7, 11) is 0. The van der Waals surface area contributed by atoms with Crippen molar-refractivity contribution in [3.05, 3.63) is 288 Å². The maximum absolute atomic E-state index is 5.20. The van der Waals surface area contributed by atoms with Crippen molar-refractivity contribution in [3.8, 4) is 22.5 Å². The Morgan fingerprint density at radius 2 is 0.757 bits per heavy atom. The van der Waals surface area contributed by atoms with Gasteiger partial charge in [0.25, 0.3) is 0 Å². The molecule has 10 aromatic carbocycles. The Morgan fingerprint density at radius 1 is 0.311 bits per heavy atom. The molecule has 4 heterocycles. The van der Waals surface area contributed by atoms with Gasteiger partial charge in [-0.15, -0.1) is 0 Å². The second-order valence-electron chi connectivity index (χ2n) is 18.9. The van der Waals surface area contributed by atoms with E-state index in [1.165, 1.54) is 32.7 Å². The van der Waals surface area contributed by atoms with Crippen LogP contribution in [-0.4, -0.2) is 26.6 Å². The summed E-state index contributed by atoms with van der Waals surface area (Å²) in [5.41, 5.74) is 15.5. The molecule has 0 spiro atoms. The largest absolute Gasteiger partial charge is 0.350 e. The van der Waals surface area contributed by atoms with Crippen LogP contribution in [0, 0.1) is 0 Å². The molecule has 0 fully saturated rings. The minimum Gasteiger partial charge on any atom is -0.350 e. The lowest BCUT2D eigenvalue weighted by Gasteiger charge is -2.32. The number of para-hydroxylation sites is 2. The zero-order valence-corrected chi connectivity index (χ0v) is 40.2. The van der Waals surface area contributed by atoms with Crippen molar-refractivity contribution in [1.82, 2.24) is 25.1 Å². The standard InChI is InChI=1S/C66H48N8/c1-5-17-43(18-6-1)61-67-62(44-19-7-2-8-20-44)70-65(69-61)47-29-35-51(36-30-47)73-57-27-15-13-25-53(57)55-41-49(33-39-59(55)73)50-34-40-60-56(42-50)54-26-14-16-28-58(54)74(60)52-37-31-48(32-38-52)66-71-63(45-21-9-3-10-22-45)68-64(72-66)46-23-11-4-12-24-46/h1-42,61,63,65,69H,(H,67,70)(H,68,71,72). The average molecular weight is 953 g/mol. The molecule has 0 amide bonds. The van der Waals surface area contributed by atoms with Crippen LogP contribution in [0.1, 0.15) is 51.9 Å². The fraction of sp³-hybridized carbons (Fsp3) is 0.0455. The molecule has 2 aromatic heterocycles. The Labute approximate surface area is 428 Å². The van der Waals surface area contributed by atoms with Gasteiger partial charge in [0.1, 0.15) is 30.2 Å². The maximum Gasteiger partial charge on any atom is 0.159 e. The van der Waals surface area contributed by atoms with Gasteiger partial charge in [-0.05, 0) is 101 Å². The Balaban J connectivity index is 0.795. The molecule has 0 radical (unpaired) electrons. The van der Waals surface area contributed by atoms with Gasteiger partial charge < -0.3 is 19.8 Å². The van der Waals surface area contributed by atoms with E-state index in [0.717, 1.165) is 78.5 Å².